The first kappa shape index (κ1) is 14.2. The Kier molecular flexibility index (Phi) is 3.40. The Labute approximate surface area is 127 Å². The van der Waals surface area contributed by atoms with Crippen molar-refractivity contribution in [3.8, 4) is 28.9 Å². The Morgan fingerprint density at radius 1 is 1.09 bits per heavy atom. The lowest BCUT2D eigenvalue weighted by Gasteiger charge is -2.11. The Morgan fingerprint density at radius 3 is 2.55 bits per heavy atom. The molecule has 7 heteroatoms. The zero-order chi connectivity index (χ0) is 15.7. The van der Waals surface area contributed by atoms with Crippen molar-refractivity contribution in [1.29, 1.82) is 0 Å². The van der Waals surface area contributed by atoms with E-state index < -0.39 is 0 Å². The minimum Gasteiger partial charge on any atom is -0.481 e. The molecular weight excluding hydrogens is 284 g/mol. The molecule has 3 aromatic rings. The highest BCUT2D eigenvalue weighted by atomic mass is 16.5. The van der Waals surface area contributed by atoms with Gasteiger partial charge < -0.3 is 13.7 Å². The van der Waals surface area contributed by atoms with Crippen LogP contribution in [-0.4, -0.2) is 27.4 Å². The van der Waals surface area contributed by atoms with Gasteiger partial charge in [-0.3, -0.25) is 0 Å². The van der Waals surface area contributed by atoms with Gasteiger partial charge in [0.1, 0.15) is 5.76 Å². The number of aromatic nitrogens is 4. The molecule has 0 saturated carbocycles. The van der Waals surface area contributed by atoms with Gasteiger partial charge in [-0.25, -0.2) is 4.98 Å². The van der Waals surface area contributed by atoms with E-state index in [1.165, 1.54) is 0 Å². The number of methoxy groups -OCH3 is 1. The van der Waals surface area contributed by atoms with Gasteiger partial charge in [-0.2, -0.15) is 0 Å². The van der Waals surface area contributed by atoms with Crippen LogP contribution >= 0.6 is 0 Å². The summed E-state index contributed by atoms with van der Waals surface area (Å²) >= 11 is 0. The zero-order valence-electron chi connectivity index (χ0n) is 12.8. The average molecular weight is 300 g/mol. The van der Waals surface area contributed by atoms with Gasteiger partial charge in [-0.15, -0.1) is 10.2 Å². The minimum absolute atomic E-state index is 0.132. The van der Waals surface area contributed by atoms with Gasteiger partial charge in [0.2, 0.25) is 11.8 Å². The zero-order valence-corrected chi connectivity index (χ0v) is 12.8. The van der Waals surface area contributed by atoms with E-state index in [0.717, 1.165) is 11.3 Å². The molecule has 0 aliphatic heterocycles. The van der Waals surface area contributed by atoms with Crippen molar-refractivity contribution in [1.82, 2.24) is 20.3 Å². The number of nitrogens with zero attached hydrogens (tertiary/aromatic N) is 4. The lowest BCUT2D eigenvalue weighted by atomic mass is 9.93. The smallest absolute Gasteiger partial charge is 0.270 e. The summed E-state index contributed by atoms with van der Waals surface area (Å²) in [5.41, 5.74) is 1.11. The van der Waals surface area contributed by atoms with E-state index in [1.54, 1.807) is 25.4 Å². The molecule has 0 N–H and O–H groups in total. The highest BCUT2D eigenvalue weighted by Crippen LogP contribution is 2.28. The van der Waals surface area contributed by atoms with Crippen LogP contribution < -0.4 is 4.74 Å². The second-order valence-electron chi connectivity index (χ2n) is 5.83. The van der Waals surface area contributed by atoms with Crippen molar-refractivity contribution < 1.29 is 13.7 Å². The highest BCUT2D eigenvalue weighted by Gasteiger charge is 2.22. The molecule has 0 fully saturated rings. The van der Waals surface area contributed by atoms with E-state index in [4.69, 9.17) is 13.7 Å². The summed E-state index contributed by atoms with van der Waals surface area (Å²) in [6, 6.07) is 5.30. The predicted octanol–water partition coefficient (Wildman–Crippen LogP) is 3.09. The monoisotopic (exact) mass is 300 g/mol. The molecule has 3 heterocycles. The molecule has 3 rings (SSSR count). The summed E-state index contributed by atoms with van der Waals surface area (Å²) in [5.74, 6) is 1.92. The molecule has 0 aromatic carbocycles. The number of pyridine rings is 1. The predicted molar refractivity (Wildman–Crippen MR) is 78.3 cm³/mol. The van der Waals surface area contributed by atoms with Crippen LogP contribution in [0, 0.1) is 0 Å². The van der Waals surface area contributed by atoms with Gasteiger partial charge in [0.25, 0.3) is 5.89 Å². The van der Waals surface area contributed by atoms with E-state index >= 15 is 0 Å². The third-order valence-corrected chi connectivity index (χ3v) is 3.08. The molecule has 0 unspecified atom stereocenters. The first-order valence-electron chi connectivity index (χ1n) is 6.79. The topological polar surface area (TPSA) is 87.1 Å². The molecule has 0 atom stereocenters. The third-order valence-electron chi connectivity index (χ3n) is 3.08. The number of hydrogen-bond acceptors (Lipinski definition) is 7. The maximum Gasteiger partial charge on any atom is 0.270 e. The molecule has 114 valence electrons. The fourth-order valence-corrected chi connectivity index (χ4v) is 1.83. The van der Waals surface area contributed by atoms with Crippen LogP contribution in [0.4, 0.5) is 0 Å². The largest absolute Gasteiger partial charge is 0.481 e. The molecular formula is C15H16N4O3. The van der Waals surface area contributed by atoms with E-state index in [2.05, 4.69) is 20.3 Å². The number of hydrogen-bond donors (Lipinski definition) is 0. The summed E-state index contributed by atoms with van der Waals surface area (Å²) in [6.07, 6.45) is 1.62. The fraction of sp³-hybridized carbons (Fsp3) is 0.333. The summed E-state index contributed by atoms with van der Waals surface area (Å²) < 4.78 is 16.1. The number of ether oxygens (including phenoxy) is 1. The third kappa shape index (κ3) is 2.69. The Balaban J connectivity index is 1.92. The molecule has 3 aromatic heterocycles. The van der Waals surface area contributed by atoms with Crippen LogP contribution in [0.3, 0.4) is 0 Å². The Morgan fingerprint density at radius 2 is 1.86 bits per heavy atom. The van der Waals surface area contributed by atoms with Gasteiger partial charge in [-0.1, -0.05) is 25.9 Å². The molecule has 0 radical (unpaired) electrons. The van der Waals surface area contributed by atoms with Gasteiger partial charge in [0.15, 0.2) is 5.69 Å². The SMILES string of the molecule is COc1cc(-c2nnc(-c3cc(C(C)(C)C)on3)o2)ccn1. The van der Waals surface area contributed by atoms with Gasteiger partial charge in [0.05, 0.1) is 7.11 Å². The quantitative estimate of drug-likeness (QED) is 0.734. The van der Waals surface area contributed by atoms with E-state index in [1.807, 2.05) is 26.8 Å². The standard InChI is InChI=1S/C15H16N4O3/c1-15(2,3)11-8-10(19-22-11)14-18-17-13(21-14)9-5-6-16-12(7-9)20-4/h5-8H,1-4H3. The van der Waals surface area contributed by atoms with Gasteiger partial charge in [0, 0.05) is 29.3 Å². The van der Waals surface area contributed by atoms with Crippen LogP contribution in [0.1, 0.15) is 26.5 Å². The Hall–Kier alpha value is -2.70. The maximum absolute atomic E-state index is 5.65. The summed E-state index contributed by atoms with van der Waals surface area (Å²) in [4.78, 5) is 4.04. The van der Waals surface area contributed by atoms with Gasteiger partial charge in [-0.05, 0) is 6.07 Å². The second kappa shape index (κ2) is 5.25. The highest BCUT2D eigenvalue weighted by molar-refractivity contribution is 5.56. The van der Waals surface area contributed by atoms with E-state index in [-0.39, 0.29) is 5.41 Å². The molecule has 22 heavy (non-hydrogen) atoms. The average Bonchev–Trinajstić information content (AvgIpc) is 3.15. The van der Waals surface area contributed by atoms with Crippen molar-refractivity contribution in [3.05, 3.63) is 30.2 Å². The molecule has 7 nitrogen and oxygen atoms in total. The minimum atomic E-state index is -0.132. The molecule has 0 aliphatic carbocycles. The fourth-order valence-electron chi connectivity index (χ4n) is 1.83. The molecule has 0 aliphatic rings. The van der Waals surface area contributed by atoms with Crippen LogP contribution in [0.15, 0.2) is 33.3 Å². The molecule has 0 spiro atoms. The Bertz CT molecular complexity index is 786. The summed E-state index contributed by atoms with van der Waals surface area (Å²) in [6.45, 7) is 6.12. The summed E-state index contributed by atoms with van der Waals surface area (Å²) in [7, 11) is 1.55. The first-order chi connectivity index (χ1) is 10.5. The van der Waals surface area contributed by atoms with Crippen LogP contribution in [0.5, 0.6) is 5.88 Å². The van der Waals surface area contributed by atoms with Crippen molar-refractivity contribution in [2.75, 3.05) is 7.11 Å². The van der Waals surface area contributed by atoms with Gasteiger partial charge >= 0.3 is 0 Å². The maximum atomic E-state index is 5.65. The van der Waals surface area contributed by atoms with Crippen molar-refractivity contribution >= 4 is 0 Å². The van der Waals surface area contributed by atoms with Crippen molar-refractivity contribution in [3.63, 3.8) is 0 Å². The molecule has 0 bridgehead atoms. The lowest BCUT2D eigenvalue weighted by molar-refractivity contribution is 0.329. The van der Waals surface area contributed by atoms with Crippen LogP contribution in [0.2, 0.25) is 0 Å². The second-order valence-corrected chi connectivity index (χ2v) is 5.83. The van der Waals surface area contributed by atoms with Crippen LogP contribution in [-0.2, 0) is 5.41 Å². The normalized spacial score (nSPS) is 11.6. The van der Waals surface area contributed by atoms with Crippen molar-refractivity contribution in [2.45, 2.75) is 26.2 Å². The van der Waals surface area contributed by atoms with E-state index in [9.17, 15) is 0 Å². The summed E-state index contributed by atoms with van der Waals surface area (Å²) in [5, 5.41) is 12.0. The first-order valence-corrected chi connectivity index (χ1v) is 6.79. The van der Waals surface area contributed by atoms with Crippen molar-refractivity contribution in [2.24, 2.45) is 0 Å². The molecule has 0 saturated heterocycles. The number of rotatable bonds is 3. The van der Waals surface area contributed by atoms with E-state index in [0.29, 0.717) is 23.4 Å². The van der Waals surface area contributed by atoms with Crippen LogP contribution in [0.25, 0.3) is 23.0 Å². The molecule has 0 amide bonds. The lowest BCUT2D eigenvalue weighted by Crippen LogP contribution is -2.09.